The van der Waals surface area contributed by atoms with Crippen LogP contribution in [-0.4, -0.2) is 35.5 Å². The molecule has 0 bridgehead atoms. The third-order valence-electron chi connectivity index (χ3n) is 2.97. The van der Waals surface area contributed by atoms with Crippen LogP contribution in [-0.2, 0) is 16.1 Å². The van der Waals surface area contributed by atoms with Crippen LogP contribution in [0.4, 0.5) is 0 Å². The van der Waals surface area contributed by atoms with Crippen molar-refractivity contribution < 1.29 is 9.53 Å². The first-order valence-corrected chi connectivity index (χ1v) is 7.07. The minimum absolute atomic E-state index is 0.213. The van der Waals surface area contributed by atoms with Crippen LogP contribution in [0.5, 0.6) is 0 Å². The van der Waals surface area contributed by atoms with Gasteiger partial charge < -0.3 is 4.74 Å². The molecule has 0 fully saturated rings. The van der Waals surface area contributed by atoms with Gasteiger partial charge in [-0.25, -0.2) is 4.98 Å². The summed E-state index contributed by atoms with van der Waals surface area (Å²) in [7, 11) is 1.42. The van der Waals surface area contributed by atoms with E-state index in [2.05, 4.69) is 29.8 Å². The van der Waals surface area contributed by atoms with Gasteiger partial charge in [0.1, 0.15) is 5.01 Å². The van der Waals surface area contributed by atoms with Gasteiger partial charge in [0.05, 0.1) is 30.4 Å². The van der Waals surface area contributed by atoms with Crippen molar-refractivity contribution in [2.75, 3.05) is 13.7 Å². The van der Waals surface area contributed by atoms with E-state index in [0.29, 0.717) is 13.1 Å². The molecule has 0 saturated carbocycles. The first-order valence-electron chi connectivity index (χ1n) is 6.25. The first-order chi connectivity index (χ1) is 9.10. The lowest BCUT2D eigenvalue weighted by molar-refractivity contribution is -0.142. The van der Waals surface area contributed by atoms with Crippen molar-refractivity contribution in [3.8, 4) is 0 Å². The van der Waals surface area contributed by atoms with Crippen molar-refractivity contribution in [3.63, 3.8) is 0 Å². The lowest BCUT2D eigenvalue weighted by Crippen LogP contribution is -2.35. The molecule has 2 aromatic rings. The second kappa shape index (κ2) is 6.12. The fourth-order valence-electron chi connectivity index (χ4n) is 1.81. The molecule has 102 valence electrons. The molecule has 4 nitrogen and oxygen atoms in total. The number of carbonyl (C=O) groups excluding carboxylic acids is 1. The Morgan fingerprint density at radius 3 is 2.79 bits per heavy atom. The maximum Gasteiger partial charge on any atom is 0.319 e. The number of hydrogen-bond acceptors (Lipinski definition) is 5. The fraction of sp³-hybridized carbons (Fsp3) is 0.429. The van der Waals surface area contributed by atoms with E-state index in [1.54, 1.807) is 11.3 Å². The van der Waals surface area contributed by atoms with Crippen LogP contribution >= 0.6 is 11.3 Å². The van der Waals surface area contributed by atoms with Crippen LogP contribution in [0.25, 0.3) is 10.2 Å². The van der Waals surface area contributed by atoms with Crippen molar-refractivity contribution >= 4 is 27.5 Å². The maximum atomic E-state index is 11.4. The average Bonchev–Trinajstić information content (AvgIpc) is 2.79. The number of rotatable bonds is 5. The molecule has 0 aliphatic heterocycles. The van der Waals surface area contributed by atoms with Gasteiger partial charge in [0.2, 0.25) is 0 Å². The summed E-state index contributed by atoms with van der Waals surface area (Å²) in [6.07, 6.45) is 0. The Morgan fingerprint density at radius 2 is 2.16 bits per heavy atom. The monoisotopic (exact) mass is 278 g/mol. The summed E-state index contributed by atoms with van der Waals surface area (Å²) in [5.74, 6) is -0.213. The van der Waals surface area contributed by atoms with Crippen molar-refractivity contribution in [1.29, 1.82) is 0 Å². The summed E-state index contributed by atoms with van der Waals surface area (Å²) in [6.45, 7) is 5.10. The molecule has 0 saturated heterocycles. The Kier molecular flexibility index (Phi) is 4.50. The van der Waals surface area contributed by atoms with E-state index in [4.69, 9.17) is 4.74 Å². The highest BCUT2D eigenvalue weighted by atomic mass is 32.1. The molecule has 1 aromatic carbocycles. The van der Waals surface area contributed by atoms with E-state index < -0.39 is 0 Å². The van der Waals surface area contributed by atoms with Crippen molar-refractivity contribution in [2.45, 2.75) is 26.4 Å². The van der Waals surface area contributed by atoms with Gasteiger partial charge in [-0.05, 0) is 26.0 Å². The van der Waals surface area contributed by atoms with Crippen LogP contribution in [0.2, 0.25) is 0 Å². The summed E-state index contributed by atoms with van der Waals surface area (Å²) >= 11 is 1.67. The van der Waals surface area contributed by atoms with Gasteiger partial charge in [0.25, 0.3) is 0 Å². The highest BCUT2D eigenvalue weighted by Gasteiger charge is 2.16. The molecule has 0 aliphatic carbocycles. The van der Waals surface area contributed by atoms with Gasteiger partial charge in [0, 0.05) is 6.04 Å². The lowest BCUT2D eigenvalue weighted by Gasteiger charge is -2.23. The summed E-state index contributed by atoms with van der Waals surface area (Å²) in [5, 5.41) is 1.03. The predicted octanol–water partition coefficient (Wildman–Crippen LogP) is 2.68. The second-order valence-corrected chi connectivity index (χ2v) is 5.77. The van der Waals surface area contributed by atoms with E-state index in [0.717, 1.165) is 10.5 Å². The molecule has 19 heavy (non-hydrogen) atoms. The Morgan fingerprint density at radius 1 is 1.42 bits per heavy atom. The quantitative estimate of drug-likeness (QED) is 0.789. The van der Waals surface area contributed by atoms with E-state index in [-0.39, 0.29) is 12.0 Å². The van der Waals surface area contributed by atoms with Crippen LogP contribution in [0.3, 0.4) is 0 Å². The number of hydrogen-bond donors (Lipinski definition) is 0. The van der Waals surface area contributed by atoms with Crippen molar-refractivity contribution in [2.24, 2.45) is 0 Å². The Labute approximate surface area is 117 Å². The summed E-state index contributed by atoms with van der Waals surface area (Å²) in [4.78, 5) is 18.1. The molecule has 1 heterocycles. The molecule has 0 aliphatic rings. The van der Waals surface area contributed by atoms with Gasteiger partial charge in [0.15, 0.2) is 0 Å². The Hall–Kier alpha value is -1.46. The zero-order valence-electron chi connectivity index (χ0n) is 11.4. The second-order valence-electron chi connectivity index (χ2n) is 4.65. The van der Waals surface area contributed by atoms with E-state index >= 15 is 0 Å². The zero-order chi connectivity index (χ0) is 13.8. The third kappa shape index (κ3) is 3.52. The summed E-state index contributed by atoms with van der Waals surface area (Å²) in [5.41, 5.74) is 1.02. The highest BCUT2D eigenvalue weighted by Crippen LogP contribution is 2.23. The molecular weight excluding hydrogens is 260 g/mol. The highest BCUT2D eigenvalue weighted by molar-refractivity contribution is 7.18. The number of aromatic nitrogens is 1. The molecule has 0 amide bonds. The number of fused-ring (bicyclic) bond motifs is 1. The molecule has 0 N–H and O–H groups in total. The smallest absolute Gasteiger partial charge is 0.319 e. The first kappa shape index (κ1) is 14.0. The van der Waals surface area contributed by atoms with Gasteiger partial charge in [-0.2, -0.15) is 0 Å². The minimum Gasteiger partial charge on any atom is -0.468 e. The lowest BCUT2D eigenvalue weighted by atomic mass is 10.3. The fourth-order valence-corrected chi connectivity index (χ4v) is 2.81. The van der Waals surface area contributed by atoms with Crippen LogP contribution in [0.1, 0.15) is 18.9 Å². The molecule has 0 spiro atoms. The van der Waals surface area contributed by atoms with E-state index in [1.807, 2.05) is 18.2 Å². The largest absolute Gasteiger partial charge is 0.468 e. The average molecular weight is 278 g/mol. The standard InChI is InChI=1S/C14H18N2O2S/c1-10(2)16(9-14(17)18-3)8-13-15-11-6-4-5-7-12(11)19-13/h4-7,10H,8-9H2,1-3H3. The van der Waals surface area contributed by atoms with Crippen LogP contribution in [0, 0.1) is 0 Å². The SMILES string of the molecule is COC(=O)CN(Cc1nc2ccccc2s1)C(C)C. The number of methoxy groups -OCH3 is 1. The minimum atomic E-state index is -0.213. The predicted molar refractivity (Wildman–Crippen MR) is 77.2 cm³/mol. The topological polar surface area (TPSA) is 42.4 Å². The van der Waals surface area contributed by atoms with E-state index in [1.165, 1.54) is 11.8 Å². The molecule has 2 rings (SSSR count). The molecule has 0 unspecified atom stereocenters. The van der Waals surface area contributed by atoms with Gasteiger partial charge in [-0.15, -0.1) is 11.3 Å². The molecule has 0 atom stereocenters. The van der Waals surface area contributed by atoms with Gasteiger partial charge in [-0.3, -0.25) is 9.69 Å². The number of thiazole rings is 1. The molecule has 1 aromatic heterocycles. The normalized spacial score (nSPS) is 11.4. The zero-order valence-corrected chi connectivity index (χ0v) is 12.2. The van der Waals surface area contributed by atoms with Gasteiger partial charge in [-0.1, -0.05) is 12.1 Å². The number of benzene rings is 1. The molecular formula is C14H18N2O2S. The maximum absolute atomic E-state index is 11.4. The number of para-hydroxylation sites is 1. The van der Waals surface area contributed by atoms with Crippen LogP contribution in [0.15, 0.2) is 24.3 Å². The Balaban J connectivity index is 2.14. The van der Waals surface area contributed by atoms with Gasteiger partial charge >= 0.3 is 5.97 Å². The van der Waals surface area contributed by atoms with E-state index in [9.17, 15) is 4.79 Å². The van der Waals surface area contributed by atoms with Crippen molar-refractivity contribution in [3.05, 3.63) is 29.3 Å². The number of ether oxygens (including phenoxy) is 1. The Bertz CT molecular complexity index is 532. The summed E-state index contributed by atoms with van der Waals surface area (Å²) in [6, 6.07) is 8.34. The van der Waals surface area contributed by atoms with Crippen molar-refractivity contribution in [1.82, 2.24) is 9.88 Å². The van der Waals surface area contributed by atoms with Crippen LogP contribution < -0.4 is 0 Å². The number of carbonyl (C=O) groups is 1. The molecule has 5 heteroatoms. The number of nitrogens with zero attached hydrogens (tertiary/aromatic N) is 2. The summed E-state index contributed by atoms with van der Waals surface area (Å²) < 4.78 is 5.91. The number of esters is 1. The third-order valence-corrected chi connectivity index (χ3v) is 3.99. The molecule has 0 radical (unpaired) electrons.